The number of nitrogens with one attached hydrogen (secondary N) is 1. The van der Waals surface area contributed by atoms with Crippen LogP contribution >= 0.6 is 0 Å². The summed E-state index contributed by atoms with van der Waals surface area (Å²) in [6.07, 6.45) is 1.06. The minimum atomic E-state index is -0.955. The second-order valence-corrected chi connectivity index (χ2v) is 3.66. The van der Waals surface area contributed by atoms with Crippen molar-refractivity contribution in [1.29, 1.82) is 0 Å². The molecule has 4 amide bonds. The Labute approximate surface area is 86.8 Å². The Hall–Kier alpha value is -1.83. The van der Waals surface area contributed by atoms with E-state index in [1.54, 1.807) is 6.92 Å². The van der Waals surface area contributed by atoms with E-state index in [9.17, 15) is 14.4 Å². The van der Waals surface area contributed by atoms with Crippen molar-refractivity contribution in [1.82, 2.24) is 10.2 Å². The third-order valence-electron chi connectivity index (χ3n) is 2.72. The van der Waals surface area contributed by atoms with E-state index in [1.807, 2.05) is 0 Å². The van der Waals surface area contributed by atoms with Crippen LogP contribution in [0.1, 0.15) is 19.8 Å². The normalized spacial score (nSPS) is 22.2. The van der Waals surface area contributed by atoms with Crippen molar-refractivity contribution in [2.45, 2.75) is 19.8 Å². The Morgan fingerprint density at radius 1 is 1.40 bits per heavy atom. The Balaban J connectivity index is 2.23. The molecule has 0 bridgehead atoms. The molecule has 1 N–H and O–H groups in total. The van der Waals surface area contributed by atoms with E-state index in [1.165, 1.54) is 0 Å². The highest BCUT2D eigenvalue weighted by Crippen LogP contribution is 2.48. The van der Waals surface area contributed by atoms with Gasteiger partial charge in [0.25, 0.3) is 0 Å². The predicted molar refractivity (Wildman–Crippen MR) is 50.4 cm³/mol. The zero-order valence-electron chi connectivity index (χ0n) is 8.29. The number of rotatable bonds is 1. The number of hydrogen-bond donors (Lipinski definition) is 1. The topological polar surface area (TPSA) is 66.5 Å². The fourth-order valence-electron chi connectivity index (χ4n) is 1.60. The summed E-state index contributed by atoms with van der Waals surface area (Å²) in [4.78, 5) is 35.6. The van der Waals surface area contributed by atoms with Crippen molar-refractivity contribution in [2.24, 2.45) is 5.41 Å². The summed E-state index contributed by atoms with van der Waals surface area (Å²) < 4.78 is 0. The van der Waals surface area contributed by atoms with E-state index in [0.29, 0.717) is 12.8 Å². The lowest BCUT2D eigenvalue weighted by Crippen LogP contribution is -2.59. The van der Waals surface area contributed by atoms with E-state index >= 15 is 0 Å². The van der Waals surface area contributed by atoms with E-state index in [4.69, 9.17) is 0 Å². The first kappa shape index (κ1) is 9.71. The molecule has 5 heteroatoms. The fourth-order valence-corrected chi connectivity index (χ4v) is 1.60. The van der Waals surface area contributed by atoms with Gasteiger partial charge in [-0.2, -0.15) is 0 Å². The largest absolute Gasteiger partial charge is 0.331 e. The van der Waals surface area contributed by atoms with Gasteiger partial charge in [-0.05, 0) is 19.8 Å². The number of amides is 4. The van der Waals surface area contributed by atoms with E-state index in [0.717, 1.165) is 4.90 Å². The highest BCUT2D eigenvalue weighted by atomic mass is 16.2. The van der Waals surface area contributed by atoms with Crippen LogP contribution in [0.25, 0.3) is 0 Å². The summed E-state index contributed by atoms with van der Waals surface area (Å²) in [7, 11) is 0. The zero-order valence-corrected chi connectivity index (χ0v) is 8.29. The lowest BCUT2D eigenvalue weighted by Gasteiger charge is -2.28. The van der Waals surface area contributed by atoms with Crippen LogP contribution in [-0.4, -0.2) is 29.3 Å². The summed E-state index contributed by atoms with van der Waals surface area (Å²) in [6, 6.07) is -0.662. The van der Waals surface area contributed by atoms with E-state index in [2.05, 4.69) is 17.2 Å². The SMILES string of the molecule is CC#CCN1C(=O)NC(=O)C2(CC2)C1=O. The number of imide groups is 2. The Kier molecular flexibility index (Phi) is 2.00. The first-order chi connectivity index (χ1) is 7.12. The molecule has 0 atom stereocenters. The van der Waals surface area contributed by atoms with Gasteiger partial charge in [0, 0.05) is 0 Å². The van der Waals surface area contributed by atoms with E-state index < -0.39 is 23.3 Å². The van der Waals surface area contributed by atoms with E-state index in [-0.39, 0.29) is 6.54 Å². The molecule has 15 heavy (non-hydrogen) atoms. The predicted octanol–water partition coefficient (Wildman–Crippen LogP) is -0.132. The lowest BCUT2D eigenvalue weighted by molar-refractivity contribution is -0.144. The van der Waals surface area contributed by atoms with Gasteiger partial charge in [-0.25, -0.2) is 4.79 Å². The average molecular weight is 206 g/mol. The highest BCUT2D eigenvalue weighted by molar-refractivity contribution is 6.20. The maximum atomic E-state index is 11.8. The third-order valence-corrected chi connectivity index (χ3v) is 2.72. The molecule has 5 nitrogen and oxygen atoms in total. The molecule has 0 unspecified atom stereocenters. The van der Waals surface area contributed by atoms with Gasteiger partial charge in [0.1, 0.15) is 5.41 Å². The number of barbiturate groups is 1. The second kappa shape index (κ2) is 3.09. The molecule has 2 aliphatic rings. The van der Waals surface area contributed by atoms with Gasteiger partial charge in [-0.3, -0.25) is 19.8 Å². The number of carbonyl (C=O) groups is 3. The van der Waals surface area contributed by atoms with Crippen LogP contribution in [0.15, 0.2) is 0 Å². The Morgan fingerprint density at radius 2 is 2.07 bits per heavy atom. The quantitative estimate of drug-likeness (QED) is 0.480. The van der Waals surface area contributed by atoms with Crippen LogP contribution < -0.4 is 5.32 Å². The molecule has 1 spiro atoms. The monoisotopic (exact) mass is 206 g/mol. The molecule has 2 fully saturated rings. The lowest BCUT2D eigenvalue weighted by atomic mass is 10.0. The van der Waals surface area contributed by atoms with Crippen LogP contribution in [0, 0.1) is 17.3 Å². The number of nitrogens with zero attached hydrogens (tertiary/aromatic N) is 1. The van der Waals surface area contributed by atoms with Gasteiger partial charge >= 0.3 is 6.03 Å². The Bertz CT molecular complexity index is 412. The number of carbonyl (C=O) groups excluding carboxylic acids is 3. The highest BCUT2D eigenvalue weighted by Gasteiger charge is 2.62. The number of hydrogen-bond acceptors (Lipinski definition) is 3. The summed E-state index contributed by atoms with van der Waals surface area (Å²) in [5.41, 5.74) is -0.955. The van der Waals surface area contributed by atoms with Crippen molar-refractivity contribution in [3.05, 3.63) is 0 Å². The smallest absolute Gasteiger partial charge is 0.277 e. The maximum absolute atomic E-state index is 11.8. The zero-order chi connectivity index (χ0) is 11.1. The molecule has 0 aromatic carbocycles. The van der Waals surface area contributed by atoms with Crippen LogP contribution in [0.3, 0.4) is 0 Å². The van der Waals surface area contributed by atoms with Gasteiger partial charge in [-0.15, -0.1) is 5.92 Å². The molecule has 1 aliphatic carbocycles. The molecule has 0 radical (unpaired) electrons. The molecule has 1 saturated heterocycles. The van der Waals surface area contributed by atoms with Crippen molar-refractivity contribution in [3.8, 4) is 11.8 Å². The van der Waals surface area contributed by atoms with Crippen LogP contribution in [0.4, 0.5) is 4.79 Å². The first-order valence-electron chi connectivity index (χ1n) is 4.69. The number of urea groups is 1. The fraction of sp³-hybridized carbons (Fsp3) is 0.500. The standard InChI is InChI=1S/C10H10N2O3/c1-2-3-6-12-8(14)10(4-5-10)7(13)11-9(12)15/h4-6H2,1H3,(H,11,13,15). The molecular formula is C10H10N2O3. The summed E-state index contributed by atoms with van der Waals surface area (Å²) in [5.74, 6) is 4.38. The molecule has 1 aliphatic heterocycles. The van der Waals surface area contributed by atoms with Gasteiger partial charge in [0.05, 0.1) is 6.54 Å². The molecular weight excluding hydrogens is 196 g/mol. The van der Waals surface area contributed by atoms with Gasteiger partial charge in [0.15, 0.2) is 0 Å². The van der Waals surface area contributed by atoms with Gasteiger partial charge in [0.2, 0.25) is 11.8 Å². The molecule has 1 saturated carbocycles. The molecule has 1 heterocycles. The molecule has 0 aromatic rings. The summed E-state index contributed by atoms with van der Waals surface area (Å²) in [5, 5.41) is 2.18. The van der Waals surface area contributed by atoms with Crippen molar-refractivity contribution < 1.29 is 14.4 Å². The first-order valence-corrected chi connectivity index (χ1v) is 4.69. The van der Waals surface area contributed by atoms with Crippen molar-refractivity contribution in [3.63, 3.8) is 0 Å². The molecule has 2 rings (SSSR count). The minimum Gasteiger partial charge on any atom is -0.277 e. The van der Waals surface area contributed by atoms with Crippen LogP contribution in [0.5, 0.6) is 0 Å². The molecule has 0 aromatic heterocycles. The summed E-state index contributed by atoms with van der Waals surface area (Å²) >= 11 is 0. The summed E-state index contributed by atoms with van der Waals surface area (Å²) in [6.45, 7) is 1.68. The van der Waals surface area contributed by atoms with Crippen molar-refractivity contribution in [2.75, 3.05) is 6.54 Å². The third kappa shape index (κ3) is 1.30. The molecule has 78 valence electrons. The van der Waals surface area contributed by atoms with Crippen LogP contribution in [-0.2, 0) is 9.59 Å². The van der Waals surface area contributed by atoms with Gasteiger partial charge in [-0.1, -0.05) is 5.92 Å². The second-order valence-electron chi connectivity index (χ2n) is 3.66. The van der Waals surface area contributed by atoms with Crippen molar-refractivity contribution >= 4 is 17.8 Å². The van der Waals surface area contributed by atoms with Crippen LogP contribution in [0.2, 0.25) is 0 Å². The maximum Gasteiger partial charge on any atom is 0.331 e. The minimum absolute atomic E-state index is 0.0518. The Morgan fingerprint density at radius 3 is 2.60 bits per heavy atom. The van der Waals surface area contributed by atoms with Gasteiger partial charge < -0.3 is 0 Å². The average Bonchev–Trinajstić information content (AvgIpc) is 2.96.